The number of amidine groups is 1. The molecule has 9 heteroatoms. The summed E-state index contributed by atoms with van der Waals surface area (Å²) in [5.41, 5.74) is 6.97. The van der Waals surface area contributed by atoms with E-state index < -0.39 is 5.97 Å². The first kappa shape index (κ1) is 19.4. The molecule has 1 aromatic heterocycles. The summed E-state index contributed by atoms with van der Waals surface area (Å²) in [6, 6.07) is 6.67. The molecule has 4 N–H and O–H groups in total. The summed E-state index contributed by atoms with van der Waals surface area (Å²) in [7, 11) is 1.33. The Morgan fingerprint density at radius 2 is 2.00 bits per heavy atom. The van der Waals surface area contributed by atoms with Crippen LogP contribution < -0.4 is 10.6 Å². The van der Waals surface area contributed by atoms with Crippen LogP contribution in [0.4, 0.5) is 5.13 Å². The van der Waals surface area contributed by atoms with Gasteiger partial charge in [-0.1, -0.05) is 35.6 Å². The minimum absolute atomic E-state index is 0.0612. The molecule has 26 heavy (non-hydrogen) atoms. The molecule has 0 fully saturated rings. The Bertz CT molecular complexity index is 817. The number of carbonyl (C=O) groups excluding carboxylic acids is 1. The Morgan fingerprint density at radius 3 is 2.50 bits per heavy atom. The van der Waals surface area contributed by atoms with Crippen LogP contribution in [0.2, 0.25) is 0 Å². The van der Waals surface area contributed by atoms with Crippen LogP contribution in [-0.4, -0.2) is 48.1 Å². The second kappa shape index (κ2) is 8.43. The number of hydrogen-bond acceptors (Lipinski definition) is 7. The van der Waals surface area contributed by atoms with Crippen LogP contribution in [0.25, 0.3) is 11.3 Å². The van der Waals surface area contributed by atoms with Crippen molar-refractivity contribution < 1.29 is 19.4 Å². The van der Waals surface area contributed by atoms with E-state index in [2.05, 4.69) is 9.72 Å². The second-order valence-corrected chi connectivity index (χ2v) is 6.35. The lowest BCUT2D eigenvalue weighted by Crippen LogP contribution is -2.25. The van der Waals surface area contributed by atoms with Gasteiger partial charge in [0.15, 0.2) is 5.13 Å². The molecule has 2 aromatic rings. The SMILES string of the molecule is CCN(CCC(=O)OC)c1nc(-c2ccc(C(=N)N)cc2)c(C(=O)O)s1. The lowest BCUT2D eigenvalue weighted by molar-refractivity contribution is -0.140. The maximum absolute atomic E-state index is 11.6. The van der Waals surface area contributed by atoms with E-state index in [0.29, 0.717) is 35.0 Å². The molecular formula is C17H20N4O4S. The van der Waals surface area contributed by atoms with Crippen molar-refractivity contribution in [3.63, 3.8) is 0 Å². The first-order valence-corrected chi connectivity index (χ1v) is 8.69. The molecule has 0 saturated heterocycles. The third-order valence-corrected chi connectivity index (χ3v) is 4.85. The summed E-state index contributed by atoms with van der Waals surface area (Å²) in [5, 5.41) is 17.5. The molecule has 1 aromatic carbocycles. The Kier molecular flexibility index (Phi) is 6.29. The van der Waals surface area contributed by atoms with Gasteiger partial charge >= 0.3 is 11.9 Å². The number of esters is 1. The number of benzene rings is 1. The number of carbonyl (C=O) groups is 2. The Balaban J connectivity index is 2.36. The van der Waals surface area contributed by atoms with Gasteiger partial charge in [0.25, 0.3) is 0 Å². The van der Waals surface area contributed by atoms with Crippen LogP contribution in [0, 0.1) is 5.41 Å². The van der Waals surface area contributed by atoms with Crippen molar-refractivity contribution in [2.24, 2.45) is 5.73 Å². The summed E-state index contributed by atoms with van der Waals surface area (Å²) in [5.74, 6) is -1.46. The fourth-order valence-corrected chi connectivity index (χ4v) is 3.33. The maximum atomic E-state index is 11.6. The zero-order valence-electron chi connectivity index (χ0n) is 14.5. The van der Waals surface area contributed by atoms with E-state index in [9.17, 15) is 14.7 Å². The van der Waals surface area contributed by atoms with Crippen LogP contribution >= 0.6 is 11.3 Å². The first-order valence-electron chi connectivity index (χ1n) is 7.88. The van der Waals surface area contributed by atoms with Crippen LogP contribution in [0.3, 0.4) is 0 Å². The minimum atomic E-state index is -1.07. The van der Waals surface area contributed by atoms with E-state index in [1.54, 1.807) is 24.3 Å². The lowest BCUT2D eigenvalue weighted by atomic mass is 10.1. The number of ether oxygens (including phenoxy) is 1. The number of rotatable bonds is 8. The van der Waals surface area contributed by atoms with Crippen LogP contribution in [-0.2, 0) is 9.53 Å². The van der Waals surface area contributed by atoms with Crippen LogP contribution in [0.1, 0.15) is 28.6 Å². The Hall–Kier alpha value is -2.94. The molecule has 0 aliphatic carbocycles. The summed E-state index contributed by atoms with van der Waals surface area (Å²) in [4.78, 5) is 29.4. The van der Waals surface area contributed by atoms with Crippen molar-refractivity contribution in [2.45, 2.75) is 13.3 Å². The van der Waals surface area contributed by atoms with Crippen molar-refractivity contribution >= 4 is 34.2 Å². The number of nitrogens with one attached hydrogen (secondary N) is 1. The van der Waals surface area contributed by atoms with E-state index in [1.165, 1.54) is 7.11 Å². The van der Waals surface area contributed by atoms with Crippen molar-refractivity contribution in [3.05, 3.63) is 34.7 Å². The highest BCUT2D eigenvalue weighted by molar-refractivity contribution is 7.17. The number of aromatic carboxylic acids is 1. The standard InChI is InChI=1S/C17H20N4O4S/c1-3-21(9-8-12(22)25-2)17-20-13(14(26-17)16(23)24)10-4-6-11(7-5-10)15(18)19/h4-7H,3,8-9H2,1-2H3,(H3,18,19)(H,23,24). The number of aromatic nitrogens is 1. The molecule has 2 rings (SSSR count). The first-order chi connectivity index (χ1) is 12.4. The smallest absolute Gasteiger partial charge is 0.348 e. The van der Waals surface area contributed by atoms with Gasteiger partial charge in [-0.15, -0.1) is 0 Å². The maximum Gasteiger partial charge on any atom is 0.348 e. The highest BCUT2D eigenvalue weighted by Crippen LogP contribution is 2.33. The topological polar surface area (TPSA) is 130 Å². The van der Waals surface area contributed by atoms with E-state index in [4.69, 9.17) is 11.1 Å². The van der Waals surface area contributed by atoms with E-state index in [-0.39, 0.29) is 23.1 Å². The quantitative estimate of drug-likeness (QED) is 0.366. The van der Waals surface area contributed by atoms with Crippen molar-refractivity contribution in [1.82, 2.24) is 4.98 Å². The molecule has 0 radical (unpaired) electrons. The average Bonchev–Trinajstić information content (AvgIpc) is 3.07. The number of nitrogens with two attached hydrogens (primary N) is 1. The number of carboxylic acids is 1. The van der Waals surface area contributed by atoms with Gasteiger partial charge in [0.1, 0.15) is 10.7 Å². The molecule has 0 bridgehead atoms. The molecular weight excluding hydrogens is 356 g/mol. The number of carboxylic acid groups (broad SMARTS) is 1. The fourth-order valence-electron chi connectivity index (χ4n) is 2.31. The van der Waals surface area contributed by atoms with Gasteiger partial charge in [0.05, 0.1) is 19.2 Å². The zero-order valence-corrected chi connectivity index (χ0v) is 15.3. The Morgan fingerprint density at radius 1 is 1.35 bits per heavy atom. The van der Waals surface area contributed by atoms with Gasteiger partial charge in [0, 0.05) is 24.2 Å². The molecule has 0 atom stereocenters. The molecule has 138 valence electrons. The predicted octanol–water partition coefficient (Wildman–Crippen LogP) is 2.18. The van der Waals surface area contributed by atoms with Gasteiger partial charge in [-0.3, -0.25) is 10.2 Å². The summed E-state index contributed by atoms with van der Waals surface area (Å²) in [6.07, 6.45) is 0.189. The average molecular weight is 376 g/mol. The molecule has 0 unspecified atom stereocenters. The number of nitrogen functional groups attached to an aromatic ring is 1. The highest BCUT2D eigenvalue weighted by Gasteiger charge is 2.22. The van der Waals surface area contributed by atoms with Gasteiger partial charge in [0.2, 0.25) is 0 Å². The third-order valence-electron chi connectivity index (χ3n) is 3.75. The minimum Gasteiger partial charge on any atom is -0.477 e. The van der Waals surface area contributed by atoms with Gasteiger partial charge in [-0.2, -0.15) is 0 Å². The van der Waals surface area contributed by atoms with Crippen molar-refractivity contribution in [1.29, 1.82) is 5.41 Å². The number of nitrogens with zero attached hydrogens (tertiary/aromatic N) is 2. The number of hydrogen-bond donors (Lipinski definition) is 3. The number of anilines is 1. The van der Waals surface area contributed by atoms with Crippen molar-refractivity contribution in [2.75, 3.05) is 25.1 Å². The van der Waals surface area contributed by atoms with Crippen LogP contribution in [0.5, 0.6) is 0 Å². The number of thiazole rings is 1. The van der Waals surface area contributed by atoms with Gasteiger partial charge in [-0.05, 0) is 6.92 Å². The molecule has 0 aliphatic heterocycles. The summed E-state index contributed by atoms with van der Waals surface area (Å²) in [6.45, 7) is 2.87. The van der Waals surface area contributed by atoms with Gasteiger partial charge < -0.3 is 20.5 Å². The monoisotopic (exact) mass is 376 g/mol. The van der Waals surface area contributed by atoms with E-state index in [0.717, 1.165) is 11.3 Å². The highest BCUT2D eigenvalue weighted by atomic mass is 32.1. The summed E-state index contributed by atoms with van der Waals surface area (Å²) < 4.78 is 4.64. The molecule has 0 spiro atoms. The number of methoxy groups -OCH3 is 1. The third kappa shape index (κ3) is 4.37. The largest absolute Gasteiger partial charge is 0.477 e. The molecule has 0 aliphatic rings. The molecule has 8 nitrogen and oxygen atoms in total. The normalized spacial score (nSPS) is 10.4. The second-order valence-electron chi connectivity index (χ2n) is 5.38. The molecule has 0 amide bonds. The lowest BCUT2D eigenvalue weighted by Gasteiger charge is -2.18. The molecule has 1 heterocycles. The van der Waals surface area contributed by atoms with Crippen molar-refractivity contribution in [3.8, 4) is 11.3 Å². The zero-order chi connectivity index (χ0) is 19.3. The predicted molar refractivity (Wildman–Crippen MR) is 100 cm³/mol. The van der Waals surface area contributed by atoms with E-state index in [1.807, 2.05) is 11.8 Å². The molecule has 0 saturated carbocycles. The van der Waals surface area contributed by atoms with Crippen LogP contribution in [0.15, 0.2) is 24.3 Å². The fraction of sp³-hybridized carbons (Fsp3) is 0.294. The van der Waals surface area contributed by atoms with E-state index >= 15 is 0 Å². The Labute approximate surface area is 154 Å². The van der Waals surface area contributed by atoms with Gasteiger partial charge in [-0.25, -0.2) is 9.78 Å². The summed E-state index contributed by atoms with van der Waals surface area (Å²) >= 11 is 1.06.